The maximum absolute atomic E-state index is 6.43. The standard InChI is InChI=1S/C32H57BO3/c1-21(2)9-8-10-22(3)28-13-14-29-27-12-11-25-20-26(36-33-34-23(4)19-24(5)35-33)15-17-31(25,6)30(27)16-18-32(28,29)7/h21-30H,8-20H2,1-7H3. The molecule has 0 aromatic rings. The molecule has 0 bridgehead atoms. The second-order valence-electron chi connectivity index (χ2n) is 15.1. The van der Waals surface area contributed by atoms with Crippen LogP contribution in [0.5, 0.6) is 0 Å². The Bertz CT molecular complexity index is 733. The van der Waals surface area contributed by atoms with E-state index in [4.69, 9.17) is 14.0 Å². The van der Waals surface area contributed by atoms with E-state index >= 15 is 0 Å². The van der Waals surface area contributed by atoms with Gasteiger partial charge in [-0.25, -0.2) is 0 Å². The second kappa shape index (κ2) is 10.8. The van der Waals surface area contributed by atoms with Gasteiger partial charge in [-0.3, -0.25) is 0 Å². The third kappa shape index (κ3) is 5.23. The highest BCUT2D eigenvalue weighted by Gasteiger charge is 2.60. The maximum Gasteiger partial charge on any atom is 0.640 e. The van der Waals surface area contributed by atoms with Crippen molar-refractivity contribution in [3.8, 4) is 0 Å². The van der Waals surface area contributed by atoms with Crippen LogP contribution in [0.4, 0.5) is 0 Å². The molecule has 0 N–H and O–H groups in total. The minimum atomic E-state index is -0.456. The molecule has 1 heterocycles. The first-order chi connectivity index (χ1) is 17.1. The average Bonchev–Trinajstić information content (AvgIpc) is 3.15. The molecule has 1 saturated heterocycles. The Labute approximate surface area is 223 Å². The minimum absolute atomic E-state index is 0.229. The lowest BCUT2D eigenvalue weighted by Crippen LogP contribution is -2.55. The highest BCUT2D eigenvalue weighted by atomic mass is 16.7. The largest absolute Gasteiger partial charge is 0.640 e. The van der Waals surface area contributed by atoms with E-state index in [0.717, 1.165) is 47.8 Å². The Kier molecular flexibility index (Phi) is 8.28. The molecule has 4 aliphatic carbocycles. The topological polar surface area (TPSA) is 27.7 Å². The van der Waals surface area contributed by atoms with Gasteiger partial charge < -0.3 is 14.0 Å². The molecule has 0 radical (unpaired) electrons. The molecule has 4 saturated carbocycles. The van der Waals surface area contributed by atoms with E-state index in [1.54, 1.807) is 0 Å². The first-order valence-corrected chi connectivity index (χ1v) is 16.1. The molecule has 1 aliphatic heterocycles. The van der Waals surface area contributed by atoms with Crippen molar-refractivity contribution in [2.24, 2.45) is 52.3 Å². The molecule has 36 heavy (non-hydrogen) atoms. The highest BCUT2D eigenvalue weighted by Crippen LogP contribution is 2.68. The van der Waals surface area contributed by atoms with Gasteiger partial charge in [0.2, 0.25) is 0 Å². The van der Waals surface area contributed by atoms with Gasteiger partial charge in [-0.1, -0.05) is 53.9 Å². The molecule has 5 rings (SSSR count). The Balaban J connectivity index is 1.20. The van der Waals surface area contributed by atoms with Gasteiger partial charge in [0.05, 0.1) is 0 Å². The molecule has 0 amide bonds. The van der Waals surface area contributed by atoms with Gasteiger partial charge in [0.25, 0.3) is 0 Å². The summed E-state index contributed by atoms with van der Waals surface area (Å²) >= 11 is 0. The maximum atomic E-state index is 6.43. The Morgan fingerprint density at radius 3 is 2.22 bits per heavy atom. The van der Waals surface area contributed by atoms with E-state index in [-0.39, 0.29) is 12.2 Å². The van der Waals surface area contributed by atoms with E-state index in [2.05, 4.69) is 48.5 Å². The van der Waals surface area contributed by atoms with Crippen LogP contribution in [0.15, 0.2) is 0 Å². The summed E-state index contributed by atoms with van der Waals surface area (Å²) in [5.41, 5.74) is 1.12. The van der Waals surface area contributed by atoms with Gasteiger partial charge in [-0.05, 0) is 130 Å². The van der Waals surface area contributed by atoms with Crippen LogP contribution in [0.1, 0.15) is 132 Å². The van der Waals surface area contributed by atoms with E-state index in [0.29, 0.717) is 16.9 Å². The van der Waals surface area contributed by atoms with Crippen LogP contribution in [-0.4, -0.2) is 25.6 Å². The van der Waals surface area contributed by atoms with Crippen LogP contribution in [0.25, 0.3) is 0 Å². The molecule has 5 fully saturated rings. The van der Waals surface area contributed by atoms with Crippen molar-refractivity contribution in [2.75, 3.05) is 0 Å². The first-order valence-electron chi connectivity index (χ1n) is 16.1. The highest BCUT2D eigenvalue weighted by molar-refractivity contribution is 6.36. The molecule has 0 aromatic carbocycles. The quantitative estimate of drug-likeness (QED) is 0.327. The lowest BCUT2D eigenvalue weighted by molar-refractivity contribution is -0.133. The van der Waals surface area contributed by atoms with Crippen molar-refractivity contribution < 1.29 is 14.0 Å². The van der Waals surface area contributed by atoms with Gasteiger partial charge in [0.1, 0.15) is 0 Å². The molecule has 3 nitrogen and oxygen atoms in total. The average molecular weight is 501 g/mol. The number of rotatable bonds is 7. The summed E-state index contributed by atoms with van der Waals surface area (Å²) in [7, 11) is -0.456. The van der Waals surface area contributed by atoms with Crippen LogP contribution in [-0.2, 0) is 14.0 Å². The lowest BCUT2D eigenvalue weighted by atomic mass is 9.44. The number of hydrogen-bond acceptors (Lipinski definition) is 3. The molecular weight excluding hydrogens is 443 g/mol. The van der Waals surface area contributed by atoms with E-state index in [1.807, 2.05) is 0 Å². The Morgan fingerprint density at radius 2 is 1.50 bits per heavy atom. The van der Waals surface area contributed by atoms with Crippen LogP contribution in [0.3, 0.4) is 0 Å². The van der Waals surface area contributed by atoms with Crippen molar-refractivity contribution in [1.29, 1.82) is 0 Å². The zero-order valence-corrected chi connectivity index (χ0v) is 24.8. The van der Waals surface area contributed by atoms with E-state index in [9.17, 15) is 0 Å². The van der Waals surface area contributed by atoms with Gasteiger partial charge in [0, 0.05) is 18.3 Å². The van der Waals surface area contributed by atoms with Crippen LogP contribution in [0.2, 0.25) is 0 Å². The van der Waals surface area contributed by atoms with E-state index < -0.39 is 7.32 Å². The third-order valence-electron chi connectivity index (χ3n) is 12.5. The number of fused-ring (bicyclic) bond motifs is 5. The zero-order valence-electron chi connectivity index (χ0n) is 24.8. The van der Waals surface area contributed by atoms with Gasteiger partial charge in [-0.2, -0.15) is 0 Å². The third-order valence-corrected chi connectivity index (χ3v) is 12.5. The molecule has 4 heteroatoms. The van der Waals surface area contributed by atoms with Crippen molar-refractivity contribution in [3.05, 3.63) is 0 Å². The van der Waals surface area contributed by atoms with Crippen molar-refractivity contribution in [2.45, 2.75) is 150 Å². The lowest BCUT2D eigenvalue weighted by Gasteiger charge is -2.61. The minimum Gasteiger partial charge on any atom is -0.383 e. The number of hydrogen-bond donors (Lipinski definition) is 0. The molecule has 11 atom stereocenters. The van der Waals surface area contributed by atoms with Gasteiger partial charge in [0.15, 0.2) is 0 Å². The summed E-state index contributed by atoms with van der Waals surface area (Å²) in [5, 5.41) is 0. The smallest absolute Gasteiger partial charge is 0.383 e. The molecule has 5 aliphatic rings. The Hall–Kier alpha value is -0.0551. The van der Waals surface area contributed by atoms with Crippen molar-refractivity contribution >= 4 is 7.32 Å². The monoisotopic (exact) mass is 500 g/mol. The summed E-state index contributed by atoms with van der Waals surface area (Å²) < 4.78 is 18.4. The molecule has 11 unspecified atom stereocenters. The van der Waals surface area contributed by atoms with E-state index in [1.165, 1.54) is 77.0 Å². The fourth-order valence-electron chi connectivity index (χ4n) is 10.6. The first kappa shape index (κ1) is 27.5. The summed E-state index contributed by atoms with van der Waals surface area (Å²) in [6, 6.07) is 0. The summed E-state index contributed by atoms with van der Waals surface area (Å²) in [4.78, 5) is 0. The Morgan fingerprint density at radius 1 is 0.806 bits per heavy atom. The molecular formula is C32H57BO3. The van der Waals surface area contributed by atoms with Crippen molar-refractivity contribution in [1.82, 2.24) is 0 Å². The predicted octanol–water partition coefficient (Wildman–Crippen LogP) is 8.69. The second-order valence-corrected chi connectivity index (χ2v) is 15.1. The van der Waals surface area contributed by atoms with Crippen LogP contribution >= 0.6 is 0 Å². The zero-order chi connectivity index (χ0) is 25.7. The van der Waals surface area contributed by atoms with Gasteiger partial charge in [-0.15, -0.1) is 0 Å². The van der Waals surface area contributed by atoms with Crippen LogP contribution in [0, 0.1) is 52.3 Å². The SMILES string of the molecule is CC(C)CCCC(C)C1CCC2C3CCC4CC(OB5OC(C)CC(C)O5)CCC4(C)C3CCC12C. The molecule has 0 aromatic heterocycles. The molecule has 0 spiro atoms. The van der Waals surface area contributed by atoms with Gasteiger partial charge >= 0.3 is 7.32 Å². The van der Waals surface area contributed by atoms with Crippen LogP contribution < -0.4 is 0 Å². The normalized spacial score (nSPS) is 47.8. The summed E-state index contributed by atoms with van der Waals surface area (Å²) in [5.74, 6) is 6.43. The van der Waals surface area contributed by atoms with Crippen molar-refractivity contribution in [3.63, 3.8) is 0 Å². The fraction of sp³-hybridized carbons (Fsp3) is 1.00. The summed E-state index contributed by atoms with van der Waals surface area (Å²) in [6.45, 7) is 17.1. The molecule has 206 valence electrons. The predicted molar refractivity (Wildman–Crippen MR) is 149 cm³/mol. The fourth-order valence-corrected chi connectivity index (χ4v) is 10.6. The summed E-state index contributed by atoms with van der Waals surface area (Å²) in [6.07, 6.45) is 18.6.